The molecule has 2 aromatic heterocycles. The first-order valence-corrected chi connectivity index (χ1v) is 30.4. The molecule has 2 aliphatic heterocycles. The van der Waals surface area contributed by atoms with Crippen LogP contribution in [-0.4, -0.2) is 109 Å². The van der Waals surface area contributed by atoms with Crippen molar-refractivity contribution in [3.05, 3.63) is 89.0 Å². The van der Waals surface area contributed by atoms with Crippen LogP contribution in [0.4, 0.5) is 15.3 Å². The number of hydrogen-bond acceptors (Lipinski definition) is 9. The SMILES string of the molecule is COC(=O)N[C@H](C(=O)N1C[Si](C)(C)C[C@H]1c1nc2ccc(CN(Cc3ccc4nc([C@@H]5C[Si](C)(C)CN5C(=O)[C@@H](NC(=O)OC)C(C)C)[nH]c4c3)c3ccc(C(C)(C)C)cc3)cc2[nH]1)C(C)C. The normalized spacial score (nSPS) is 19.0. The Kier molecular flexibility index (Phi) is 14.1. The zero-order chi connectivity index (χ0) is 48.7. The van der Waals surface area contributed by atoms with Crippen LogP contribution in [0.5, 0.6) is 0 Å². The average molecular weight is 950 g/mol. The molecule has 0 unspecified atom stereocenters. The molecule has 4 heterocycles. The predicted octanol–water partition coefficient (Wildman–Crippen LogP) is 8.97. The largest absolute Gasteiger partial charge is 0.453 e. The number of benzene rings is 3. The molecule has 67 heavy (non-hydrogen) atoms. The summed E-state index contributed by atoms with van der Waals surface area (Å²) >= 11 is 0. The number of aromatic nitrogens is 4. The summed E-state index contributed by atoms with van der Waals surface area (Å²) in [6, 6.07) is 21.4. The van der Waals surface area contributed by atoms with Crippen molar-refractivity contribution in [1.82, 2.24) is 40.4 Å². The van der Waals surface area contributed by atoms with Gasteiger partial charge in [0, 0.05) is 31.1 Å². The Morgan fingerprint density at radius 2 is 1.09 bits per heavy atom. The van der Waals surface area contributed by atoms with E-state index in [0.717, 1.165) is 62.6 Å². The van der Waals surface area contributed by atoms with E-state index in [2.05, 4.69) is 133 Å². The fourth-order valence-corrected chi connectivity index (χ4v) is 15.5. The molecule has 4 N–H and O–H groups in total. The molecule has 2 saturated heterocycles. The lowest BCUT2D eigenvalue weighted by Gasteiger charge is -2.30. The van der Waals surface area contributed by atoms with Crippen LogP contribution in [0.25, 0.3) is 22.1 Å². The minimum absolute atomic E-state index is 0.00558. The molecule has 3 aromatic carbocycles. The second-order valence-electron chi connectivity index (χ2n) is 22.0. The fourth-order valence-electron chi connectivity index (χ4n) is 9.76. The molecular weight excluding hydrogens is 879 g/mol. The number of fused-ring (bicyclic) bond motifs is 2. The van der Waals surface area contributed by atoms with Crippen LogP contribution in [-0.2, 0) is 37.6 Å². The van der Waals surface area contributed by atoms with E-state index in [4.69, 9.17) is 19.4 Å². The molecule has 2 aliphatic rings. The molecule has 360 valence electrons. The van der Waals surface area contributed by atoms with E-state index in [9.17, 15) is 19.2 Å². The van der Waals surface area contributed by atoms with Gasteiger partial charge in [0.15, 0.2) is 0 Å². The molecule has 0 radical (unpaired) electrons. The topological polar surface area (TPSA) is 178 Å². The Labute approximate surface area is 397 Å². The lowest BCUT2D eigenvalue weighted by molar-refractivity contribution is -0.135. The van der Waals surface area contributed by atoms with E-state index in [-0.39, 0.29) is 41.1 Å². The van der Waals surface area contributed by atoms with E-state index in [0.29, 0.717) is 25.4 Å². The molecule has 0 bridgehead atoms. The van der Waals surface area contributed by atoms with Gasteiger partial charge in [0.25, 0.3) is 0 Å². The van der Waals surface area contributed by atoms with Crippen LogP contribution in [0.1, 0.15) is 88.9 Å². The van der Waals surface area contributed by atoms with E-state index in [1.165, 1.54) is 19.8 Å². The summed E-state index contributed by atoms with van der Waals surface area (Å²) in [6.07, 6.45) is 0.106. The highest BCUT2D eigenvalue weighted by Crippen LogP contribution is 2.40. The predicted molar refractivity (Wildman–Crippen MR) is 269 cm³/mol. The van der Waals surface area contributed by atoms with Gasteiger partial charge in [-0.1, -0.05) is 98.9 Å². The number of nitrogens with one attached hydrogen (secondary N) is 4. The number of hydrogen-bond donors (Lipinski definition) is 4. The standard InChI is InChI=1S/C50H71N9O6Si2/c1-30(2)42(55-48(62)64-8)46(60)58-28-66(10,11)26-40(58)44-51-36-20-14-32(22-38(36)53-44)24-57(35-18-16-34(17-19-35)50(5,6)7)25-33-15-21-37-39(23-33)54-45(52-37)41-27-67(12,13)29-59(41)47(61)43(31(3)4)56-49(63)65-9/h14-23,30-31,40-43H,24-29H2,1-13H3,(H,51,53)(H,52,54)(H,55,62)(H,56,63)/t40-,41-,42-,43-/m0/s1. The van der Waals surface area contributed by atoms with Crippen molar-refractivity contribution >= 4 is 67.9 Å². The number of amides is 4. The number of methoxy groups -OCH3 is 2. The molecule has 15 nitrogen and oxygen atoms in total. The third kappa shape index (κ3) is 11.0. The number of carbonyl (C=O) groups is 4. The molecule has 0 spiro atoms. The molecular formula is C50H71N9O6Si2. The van der Waals surface area contributed by atoms with Gasteiger partial charge in [0.05, 0.1) is 64.5 Å². The Bertz CT molecular complexity index is 2470. The van der Waals surface area contributed by atoms with Gasteiger partial charge in [-0.25, -0.2) is 19.6 Å². The maximum Gasteiger partial charge on any atom is 0.407 e. The summed E-state index contributed by atoms with van der Waals surface area (Å²) in [6.45, 7) is 24.8. The zero-order valence-corrected chi connectivity index (χ0v) is 43.7. The van der Waals surface area contributed by atoms with E-state index in [1.54, 1.807) is 0 Å². The smallest absolute Gasteiger partial charge is 0.407 e. The van der Waals surface area contributed by atoms with Crippen molar-refractivity contribution in [2.45, 2.75) is 129 Å². The van der Waals surface area contributed by atoms with Gasteiger partial charge in [-0.05, 0) is 82.4 Å². The minimum atomic E-state index is -1.81. The van der Waals surface area contributed by atoms with E-state index >= 15 is 0 Å². The molecule has 4 amide bonds. The molecule has 4 atom stereocenters. The zero-order valence-electron chi connectivity index (χ0n) is 41.7. The van der Waals surface area contributed by atoms with Crippen molar-refractivity contribution in [1.29, 1.82) is 0 Å². The quantitative estimate of drug-likeness (QED) is 0.0839. The molecule has 0 aliphatic carbocycles. The van der Waals surface area contributed by atoms with Gasteiger partial charge in [-0.3, -0.25) is 9.59 Å². The Hall–Kier alpha value is -5.69. The average Bonchev–Trinajstić information content (AvgIpc) is 4.05. The number of imidazole rings is 2. The van der Waals surface area contributed by atoms with Crippen molar-refractivity contribution in [3.63, 3.8) is 0 Å². The van der Waals surface area contributed by atoms with E-state index in [1.807, 2.05) is 37.5 Å². The molecule has 5 aromatic rings. The highest BCUT2D eigenvalue weighted by atomic mass is 28.3. The number of anilines is 1. The molecule has 2 fully saturated rings. The third-order valence-corrected chi connectivity index (χ3v) is 18.8. The van der Waals surface area contributed by atoms with Gasteiger partial charge < -0.3 is 44.8 Å². The number of ether oxygens (including phenoxy) is 2. The van der Waals surface area contributed by atoms with Crippen molar-refractivity contribution in [2.24, 2.45) is 11.8 Å². The van der Waals surface area contributed by atoms with Gasteiger partial charge in [0.1, 0.15) is 23.7 Å². The van der Waals surface area contributed by atoms with E-state index < -0.39 is 40.4 Å². The number of nitrogens with zero attached hydrogens (tertiary/aromatic N) is 5. The maximum absolute atomic E-state index is 14.1. The van der Waals surface area contributed by atoms with Gasteiger partial charge >= 0.3 is 12.2 Å². The van der Waals surface area contributed by atoms with Crippen LogP contribution in [0, 0.1) is 11.8 Å². The molecule has 7 rings (SSSR count). The first kappa shape index (κ1) is 49.2. The summed E-state index contributed by atoms with van der Waals surface area (Å²) in [4.78, 5) is 76.4. The first-order valence-electron chi connectivity index (χ1n) is 23.6. The summed E-state index contributed by atoms with van der Waals surface area (Å²) in [5, 5.41) is 5.55. The van der Waals surface area contributed by atoms with Crippen molar-refractivity contribution < 1.29 is 28.7 Å². The number of rotatable bonds is 13. The fraction of sp³-hybridized carbons (Fsp3) is 0.520. The van der Waals surface area contributed by atoms with Gasteiger partial charge in [-0.15, -0.1) is 0 Å². The maximum atomic E-state index is 14.1. The summed E-state index contributed by atoms with van der Waals surface area (Å²) in [5.74, 6) is 1.03. The summed E-state index contributed by atoms with van der Waals surface area (Å²) in [5.41, 5.74) is 8.02. The number of aromatic amines is 2. The monoisotopic (exact) mass is 950 g/mol. The van der Waals surface area contributed by atoms with Crippen LogP contribution in [0.15, 0.2) is 60.7 Å². The minimum Gasteiger partial charge on any atom is -0.453 e. The highest BCUT2D eigenvalue weighted by Gasteiger charge is 2.47. The number of carbonyl (C=O) groups excluding carboxylic acids is 4. The van der Waals surface area contributed by atoms with Crippen LogP contribution >= 0.6 is 0 Å². The lowest BCUT2D eigenvalue weighted by Crippen LogP contribution is -2.52. The Morgan fingerprint density at radius 1 is 0.687 bits per heavy atom. The Balaban J connectivity index is 1.17. The van der Waals surface area contributed by atoms with Gasteiger partial charge in [-0.2, -0.15) is 0 Å². The van der Waals surface area contributed by atoms with Crippen LogP contribution in [0.2, 0.25) is 38.3 Å². The Morgan fingerprint density at radius 3 is 1.45 bits per heavy atom. The van der Waals surface area contributed by atoms with Crippen molar-refractivity contribution in [3.8, 4) is 0 Å². The lowest BCUT2D eigenvalue weighted by atomic mass is 9.87. The van der Waals surface area contributed by atoms with Crippen molar-refractivity contribution in [2.75, 3.05) is 31.5 Å². The molecule has 17 heteroatoms. The number of H-pyrrole nitrogens is 2. The summed E-state index contributed by atoms with van der Waals surface area (Å²) in [7, 11) is -0.996. The summed E-state index contributed by atoms with van der Waals surface area (Å²) < 4.78 is 9.74. The molecule has 0 saturated carbocycles. The third-order valence-electron chi connectivity index (χ3n) is 13.4. The van der Waals surface area contributed by atoms with Crippen LogP contribution in [0.3, 0.4) is 0 Å². The van der Waals surface area contributed by atoms with Crippen LogP contribution < -0.4 is 15.5 Å². The first-order chi connectivity index (χ1) is 31.4. The second kappa shape index (κ2) is 19.1. The second-order valence-corrected chi connectivity index (χ2v) is 32.1. The highest BCUT2D eigenvalue weighted by molar-refractivity contribution is 6.79. The van der Waals surface area contributed by atoms with Gasteiger partial charge in [0.2, 0.25) is 11.8 Å². The number of alkyl carbamates (subject to hydrolysis) is 2.